The van der Waals surface area contributed by atoms with E-state index in [0.717, 1.165) is 42.9 Å². The molecule has 3 rings (SSSR count). The first-order chi connectivity index (χ1) is 13.6. The molecule has 0 aromatic heterocycles. The predicted octanol–water partition coefficient (Wildman–Crippen LogP) is 2.69. The van der Waals surface area contributed by atoms with Crippen LogP contribution in [0.2, 0.25) is 0 Å². The summed E-state index contributed by atoms with van der Waals surface area (Å²) in [5.41, 5.74) is 2.08. The van der Waals surface area contributed by atoms with E-state index in [9.17, 15) is 9.59 Å². The lowest BCUT2D eigenvalue weighted by Crippen LogP contribution is -2.50. The van der Waals surface area contributed by atoms with E-state index in [-0.39, 0.29) is 18.6 Å². The lowest BCUT2D eigenvalue weighted by Gasteiger charge is -2.37. The van der Waals surface area contributed by atoms with Crippen molar-refractivity contribution in [3.63, 3.8) is 0 Å². The maximum atomic E-state index is 13.0. The number of nitrogens with zero attached hydrogens (tertiary/aromatic N) is 2. The summed E-state index contributed by atoms with van der Waals surface area (Å²) in [6.45, 7) is 7.02. The number of ether oxygens (including phenoxy) is 2. The normalized spacial score (nSPS) is 20.3. The molecule has 0 aliphatic carbocycles. The summed E-state index contributed by atoms with van der Waals surface area (Å²) in [6.07, 6.45) is 2.28. The van der Waals surface area contributed by atoms with Crippen LogP contribution in [0.25, 0.3) is 0 Å². The van der Waals surface area contributed by atoms with Crippen molar-refractivity contribution in [2.24, 2.45) is 0 Å². The molecular weight excluding hydrogens is 358 g/mol. The standard InChI is InChI=1S/C21H29N3O4/c1-4-24-17(14-23-12-6-7-13-23)18(20(25)28-5-2)19(22-21(24)26)15-8-10-16(27-3)11-9-15/h8-11,19H,4-7,12-14H2,1-3H3,(H,22,26). The molecule has 0 spiro atoms. The number of rotatable bonds is 7. The Morgan fingerprint density at radius 3 is 2.43 bits per heavy atom. The Kier molecular flexibility index (Phi) is 6.57. The van der Waals surface area contributed by atoms with Gasteiger partial charge in [0.25, 0.3) is 0 Å². The van der Waals surface area contributed by atoms with Crippen LogP contribution < -0.4 is 10.1 Å². The number of urea groups is 1. The fourth-order valence-electron chi connectivity index (χ4n) is 3.86. The molecule has 7 nitrogen and oxygen atoms in total. The highest BCUT2D eigenvalue weighted by atomic mass is 16.5. The van der Waals surface area contributed by atoms with Gasteiger partial charge in [-0.15, -0.1) is 0 Å². The minimum Gasteiger partial charge on any atom is -0.497 e. The van der Waals surface area contributed by atoms with Crippen LogP contribution in [0.1, 0.15) is 38.3 Å². The van der Waals surface area contributed by atoms with Crippen LogP contribution in [0.3, 0.4) is 0 Å². The lowest BCUT2D eigenvalue weighted by molar-refractivity contribution is -0.139. The predicted molar refractivity (Wildman–Crippen MR) is 106 cm³/mol. The highest BCUT2D eigenvalue weighted by Gasteiger charge is 2.38. The third-order valence-electron chi connectivity index (χ3n) is 5.27. The molecule has 152 valence electrons. The summed E-state index contributed by atoms with van der Waals surface area (Å²) in [7, 11) is 1.61. The third-order valence-corrected chi connectivity index (χ3v) is 5.27. The molecule has 0 bridgehead atoms. The number of likely N-dealkylation sites (tertiary alicyclic amines) is 1. The third kappa shape index (κ3) is 4.14. The van der Waals surface area contributed by atoms with Crippen molar-refractivity contribution in [2.75, 3.05) is 39.9 Å². The fraction of sp³-hybridized carbons (Fsp3) is 0.524. The minimum atomic E-state index is -0.544. The van der Waals surface area contributed by atoms with Gasteiger partial charge in [-0.05, 0) is 57.5 Å². The summed E-state index contributed by atoms with van der Waals surface area (Å²) >= 11 is 0. The van der Waals surface area contributed by atoms with Crippen LogP contribution in [0.15, 0.2) is 35.5 Å². The molecule has 2 amide bonds. The average Bonchev–Trinajstić information content (AvgIpc) is 3.21. The minimum absolute atomic E-state index is 0.189. The number of benzene rings is 1. The highest BCUT2D eigenvalue weighted by Crippen LogP contribution is 2.33. The molecule has 1 aromatic carbocycles. The zero-order valence-electron chi connectivity index (χ0n) is 16.9. The monoisotopic (exact) mass is 387 g/mol. The molecule has 2 aliphatic rings. The Morgan fingerprint density at radius 1 is 1.18 bits per heavy atom. The van der Waals surface area contributed by atoms with Crippen LogP contribution in [-0.2, 0) is 9.53 Å². The molecule has 2 aliphatic heterocycles. The molecule has 1 aromatic rings. The first-order valence-corrected chi connectivity index (χ1v) is 9.93. The van der Waals surface area contributed by atoms with Crippen LogP contribution in [0, 0.1) is 0 Å². The van der Waals surface area contributed by atoms with Gasteiger partial charge in [0.05, 0.1) is 25.3 Å². The van der Waals surface area contributed by atoms with Gasteiger partial charge >= 0.3 is 12.0 Å². The summed E-state index contributed by atoms with van der Waals surface area (Å²) in [6, 6.07) is 6.67. The van der Waals surface area contributed by atoms with Gasteiger partial charge in [0.2, 0.25) is 0 Å². The number of carbonyl (C=O) groups is 2. The number of hydrogen-bond donors (Lipinski definition) is 1. The van der Waals surface area contributed by atoms with E-state index in [2.05, 4.69) is 10.2 Å². The molecule has 1 atom stereocenters. The number of nitrogens with one attached hydrogen (secondary N) is 1. The van der Waals surface area contributed by atoms with Gasteiger partial charge in [-0.1, -0.05) is 12.1 Å². The van der Waals surface area contributed by atoms with E-state index >= 15 is 0 Å². The van der Waals surface area contributed by atoms with Gasteiger partial charge in [0.1, 0.15) is 5.75 Å². The van der Waals surface area contributed by atoms with Gasteiger partial charge < -0.3 is 14.8 Å². The number of likely N-dealkylation sites (N-methyl/N-ethyl adjacent to an activating group) is 1. The quantitative estimate of drug-likeness (QED) is 0.729. The van der Waals surface area contributed by atoms with E-state index in [0.29, 0.717) is 18.7 Å². The van der Waals surface area contributed by atoms with Crippen LogP contribution in [-0.4, -0.2) is 61.7 Å². The maximum Gasteiger partial charge on any atom is 0.338 e. The van der Waals surface area contributed by atoms with Crippen LogP contribution in [0.4, 0.5) is 4.79 Å². The second-order valence-corrected chi connectivity index (χ2v) is 6.96. The Bertz CT molecular complexity index is 739. The zero-order valence-corrected chi connectivity index (χ0v) is 16.9. The summed E-state index contributed by atoms with van der Waals surface area (Å²) in [4.78, 5) is 29.7. The molecular formula is C21H29N3O4. The first-order valence-electron chi connectivity index (χ1n) is 9.93. The number of carbonyl (C=O) groups excluding carboxylic acids is 2. The summed E-state index contributed by atoms with van der Waals surface area (Å²) in [5.74, 6) is 0.344. The topological polar surface area (TPSA) is 71.1 Å². The van der Waals surface area contributed by atoms with E-state index < -0.39 is 6.04 Å². The highest BCUT2D eigenvalue weighted by molar-refractivity contribution is 5.95. The molecule has 1 unspecified atom stereocenters. The molecule has 0 radical (unpaired) electrons. The number of amides is 2. The second kappa shape index (κ2) is 9.10. The van der Waals surface area contributed by atoms with Crippen molar-refractivity contribution < 1.29 is 19.1 Å². The van der Waals surface area contributed by atoms with Gasteiger partial charge in [0.15, 0.2) is 0 Å². The Balaban J connectivity index is 2.06. The van der Waals surface area contributed by atoms with Gasteiger partial charge in [-0.3, -0.25) is 9.80 Å². The maximum absolute atomic E-state index is 13.0. The Hall–Kier alpha value is -2.54. The van der Waals surface area contributed by atoms with Gasteiger partial charge in [0, 0.05) is 18.8 Å². The number of methoxy groups -OCH3 is 1. The van der Waals surface area contributed by atoms with Crippen molar-refractivity contribution in [3.05, 3.63) is 41.1 Å². The SMILES string of the molecule is CCOC(=O)C1=C(CN2CCCC2)N(CC)C(=O)NC1c1ccc(OC)cc1. The number of esters is 1. The van der Waals surface area contributed by atoms with Crippen molar-refractivity contribution >= 4 is 12.0 Å². The van der Waals surface area contributed by atoms with Crippen LogP contribution >= 0.6 is 0 Å². The van der Waals surface area contributed by atoms with Crippen molar-refractivity contribution in [1.29, 1.82) is 0 Å². The first kappa shape index (κ1) is 20.2. The molecule has 1 fully saturated rings. The lowest BCUT2D eigenvalue weighted by atomic mass is 9.94. The van der Waals surface area contributed by atoms with E-state index in [4.69, 9.17) is 9.47 Å². The largest absolute Gasteiger partial charge is 0.497 e. The summed E-state index contributed by atoms with van der Waals surface area (Å²) in [5, 5.41) is 2.98. The molecule has 7 heteroatoms. The molecule has 2 heterocycles. The smallest absolute Gasteiger partial charge is 0.338 e. The zero-order chi connectivity index (χ0) is 20.1. The summed E-state index contributed by atoms with van der Waals surface area (Å²) < 4.78 is 10.6. The van der Waals surface area contributed by atoms with Crippen LogP contribution in [0.5, 0.6) is 5.75 Å². The average molecular weight is 387 g/mol. The van der Waals surface area contributed by atoms with E-state index in [1.807, 2.05) is 31.2 Å². The van der Waals surface area contributed by atoms with Gasteiger partial charge in [-0.2, -0.15) is 0 Å². The second-order valence-electron chi connectivity index (χ2n) is 6.96. The molecule has 0 saturated carbocycles. The Morgan fingerprint density at radius 2 is 1.86 bits per heavy atom. The van der Waals surface area contributed by atoms with E-state index in [1.54, 1.807) is 18.9 Å². The molecule has 1 N–H and O–H groups in total. The van der Waals surface area contributed by atoms with Gasteiger partial charge in [-0.25, -0.2) is 9.59 Å². The molecule has 28 heavy (non-hydrogen) atoms. The van der Waals surface area contributed by atoms with E-state index in [1.165, 1.54) is 0 Å². The van der Waals surface area contributed by atoms with Crippen molar-refractivity contribution in [2.45, 2.75) is 32.7 Å². The van der Waals surface area contributed by atoms with Crippen molar-refractivity contribution in [1.82, 2.24) is 15.1 Å². The Labute approximate surface area is 166 Å². The number of hydrogen-bond acceptors (Lipinski definition) is 5. The van der Waals surface area contributed by atoms with Crippen molar-refractivity contribution in [3.8, 4) is 5.75 Å². The molecule has 1 saturated heterocycles. The fourth-order valence-corrected chi connectivity index (χ4v) is 3.86.